The quantitative estimate of drug-likeness (QED) is 0.410. The van der Waals surface area contributed by atoms with Crippen molar-refractivity contribution in [2.24, 2.45) is 0 Å². The Balaban J connectivity index is 3.79. The number of hydrogen-bond donors (Lipinski definition) is 0. The predicted octanol–water partition coefficient (Wildman–Crippen LogP) is -0.762. The van der Waals surface area contributed by atoms with Gasteiger partial charge in [0.1, 0.15) is 10.1 Å². The highest BCUT2D eigenvalue weighted by Gasteiger charge is 2.08. The van der Waals surface area contributed by atoms with Crippen molar-refractivity contribution in [2.75, 3.05) is 33.4 Å². The highest BCUT2D eigenvalue weighted by Crippen LogP contribution is 1.91. The first kappa shape index (κ1) is 9.87. The van der Waals surface area contributed by atoms with E-state index in [1.807, 2.05) is 21.1 Å². The van der Waals surface area contributed by atoms with Gasteiger partial charge in [0.05, 0.1) is 33.4 Å². The molecule has 5 heteroatoms. The number of rotatable bonds is 3. The van der Waals surface area contributed by atoms with Gasteiger partial charge in [-0.2, -0.15) is 0 Å². The van der Waals surface area contributed by atoms with E-state index in [0.717, 1.165) is 0 Å². The molecule has 0 saturated carbocycles. The zero-order valence-corrected chi connectivity index (χ0v) is 7.31. The van der Waals surface area contributed by atoms with Crippen LogP contribution in [-0.2, 0) is 10.1 Å². The fourth-order valence-electron chi connectivity index (χ4n) is 0.386. The second kappa shape index (κ2) is 2.86. The van der Waals surface area contributed by atoms with E-state index in [-0.39, 0.29) is 5.75 Å². The van der Waals surface area contributed by atoms with Gasteiger partial charge in [-0.15, -0.1) is 0 Å². The van der Waals surface area contributed by atoms with Crippen molar-refractivity contribution in [3.8, 4) is 0 Å². The molecule has 0 fully saturated rings. The zero-order chi connectivity index (χ0) is 8.41. The summed E-state index contributed by atoms with van der Waals surface area (Å²) in [6.07, 6.45) is 0. The molecule has 0 rings (SSSR count). The molecule has 0 spiro atoms. The summed E-state index contributed by atoms with van der Waals surface area (Å²) in [5.74, 6) is -0.281. The zero-order valence-electron chi connectivity index (χ0n) is 6.49. The first-order valence-corrected chi connectivity index (χ1v) is 4.52. The van der Waals surface area contributed by atoms with Gasteiger partial charge < -0.3 is 9.04 Å². The van der Waals surface area contributed by atoms with Crippen LogP contribution < -0.4 is 0 Å². The summed E-state index contributed by atoms with van der Waals surface area (Å²) < 4.78 is 30.8. The van der Waals surface area contributed by atoms with Gasteiger partial charge in [-0.1, -0.05) is 0 Å². The van der Waals surface area contributed by atoms with Crippen LogP contribution >= 0.6 is 0 Å². The van der Waals surface area contributed by atoms with Gasteiger partial charge in [0, 0.05) is 0 Å². The minimum absolute atomic E-state index is 0.281. The van der Waals surface area contributed by atoms with E-state index in [4.69, 9.17) is 0 Å². The van der Waals surface area contributed by atoms with Crippen LogP contribution in [0.15, 0.2) is 0 Å². The smallest absolute Gasteiger partial charge is 0.100 e. The first-order chi connectivity index (χ1) is 4.21. The van der Waals surface area contributed by atoms with E-state index < -0.39 is 10.1 Å². The van der Waals surface area contributed by atoms with Crippen LogP contribution in [0.3, 0.4) is 0 Å². The van der Waals surface area contributed by atoms with Crippen LogP contribution in [0.25, 0.3) is 0 Å². The summed E-state index contributed by atoms with van der Waals surface area (Å²) in [5, 5.41) is 0. The molecule has 0 aromatic heterocycles. The van der Waals surface area contributed by atoms with Gasteiger partial charge in [0.2, 0.25) is 0 Å². The maximum atomic E-state index is 10.1. The van der Waals surface area contributed by atoms with Crippen molar-refractivity contribution < 1.29 is 17.5 Å². The molecule has 0 aromatic carbocycles. The lowest BCUT2D eigenvalue weighted by atomic mass is 10.6. The van der Waals surface area contributed by atoms with Crippen LogP contribution in [0.4, 0.5) is 0 Å². The summed E-state index contributed by atoms with van der Waals surface area (Å²) in [6.45, 7) is 0.367. The molecule has 0 unspecified atom stereocenters. The van der Waals surface area contributed by atoms with Crippen LogP contribution in [0, 0.1) is 0 Å². The minimum atomic E-state index is -4.02. The van der Waals surface area contributed by atoms with Gasteiger partial charge >= 0.3 is 0 Å². The molecule has 0 aliphatic heterocycles. The van der Waals surface area contributed by atoms with E-state index in [1.54, 1.807) is 0 Å². The van der Waals surface area contributed by atoms with E-state index in [2.05, 4.69) is 0 Å². The molecule has 0 atom stereocenters. The lowest BCUT2D eigenvalue weighted by molar-refractivity contribution is -0.867. The fourth-order valence-corrected chi connectivity index (χ4v) is 1.16. The number of nitrogens with zero attached hydrogens (tertiary/aromatic N) is 1. The topological polar surface area (TPSA) is 57.2 Å². The van der Waals surface area contributed by atoms with Gasteiger partial charge in [0.15, 0.2) is 0 Å². The molecule has 0 aromatic rings. The molecule has 0 radical (unpaired) electrons. The second-order valence-electron chi connectivity index (χ2n) is 3.28. The Bertz CT molecular complexity index is 189. The summed E-state index contributed by atoms with van der Waals surface area (Å²) in [6, 6.07) is 0. The second-order valence-corrected chi connectivity index (χ2v) is 4.80. The Morgan fingerprint density at radius 2 is 1.70 bits per heavy atom. The van der Waals surface area contributed by atoms with E-state index in [9.17, 15) is 13.0 Å². The summed E-state index contributed by atoms with van der Waals surface area (Å²) in [7, 11) is 1.49. The lowest BCUT2D eigenvalue weighted by Gasteiger charge is -2.24. The summed E-state index contributed by atoms with van der Waals surface area (Å²) in [5.41, 5.74) is 0. The first-order valence-electron chi connectivity index (χ1n) is 2.95. The van der Waals surface area contributed by atoms with Crippen LogP contribution in [0.1, 0.15) is 0 Å². The molecular formula is C5H13NO3S. The molecule has 0 amide bonds. The van der Waals surface area contributed by atoms with Crippen molar-refractivity contribution in [1.29, 1.82) is 0 Å². The van der Waals surface area contributed by atoms with Crippen molar-refractivity contribution in [3.05, 3.63) is 0 Å². The van der Waals surface area contributed by atoms with Crippen molar-refractivity contribution in [1.82, 2.24) is 0 Å². The molecule has 62 valence electrons. The highest BCUT2D eigenvalue weighted by atomic mass is 32.2. The normalized spacial score (nSPS) is 13.6. The Morgan fingerprint density at radius 1 is 1.30 bits per heavy atom. The third kappa shape index (κ3) is 7.87. The molecule has 0 N–H and O–H groups in total. The fraction of sp³-hybridized carbons (Fsp3) is 1.00. The molecule has 0 saturated heterocycles. The van der Waals surface area contributed by atoms with Crippen molar-refractivity contribution >= 4 is 10.1 Å². The molecule has 0 aliphatic rings. The Hall–Kier alpha value is -0.130. The van der Waals surface area contributed by atoms with Gasteiger partial charge in [-0.25, -0.2) is 8.42 Å². The van der Waals surface area contributed by atoms with Crippen LogP contribution in [0.5, 0.6) is 0 Å². The standard InChI is InChI=1S/C5H13NO3S/c1-6(2,3)4-5-10(7,8)9/h4-5H2,1-3H3. The third-order valence-electron chi connectivity index (χ3n) is 1.01. The average molecular weight is 167 g/mol. The molecular weight excluding hydrogens is 154 g/mol. The summed E-state index contributed by atoms with van der Waals surface area (Å²) in [4.78, 5) is 0. The van der Waals surface area contributed by atoms with Crippen LogP contribution in [0.2, 0.25) is 0 Å². The van der Waals surface area contributed by atoms with E-state index in [0.29, 0.717) is 11.0 Å². The third-order valence-corrected chi connectivity index (χ3v) is 1.69. The van der Waals surface area contributed by atoms with Gasteiger partial charge in [-0.05, 0) is 0 Å². The maximum absolute atomic E-state index is 10.1. The SMILES string of the molecule is C[N+](C)(C)CCS(=O)(=O)[O-]. The average Bonchev–Trinajstić information content (AvgIpc) is 1.57. The monoisotopic (exact) mass is 167 g/mol. The molecule has 0 heterocycles. The van der Waals surface area contributed by atoms with Crippen molar-refractivity contribution in [3.63, 3.8) is 0 Å². The highest BCUT2D eigenvalue weighted by molar-refractivity contribution is 7.85. The largest absolute Gasteiger partial charge is 0.748 e. The van der Waals surface area contributed by atoms with Crippen molar-refractivity contribution in [2.45, 2.75) is 0 Å². The van der Waals surface area contributed by atoms with Gasteiger partial charge in [-0.3, -0.25) is 0 Å². The van der Waals surface area contributed by atoms with E-state index >= 15 is 0 Å². The molecule has 0 bridgehead atoms. The van der Waals surface area contributed by atoms with Gasteiger partial charge in [0.25, 0.3) is 0 Å². The molecule has 0 aliphatic carbocycles. The van der Waals surface area contributed by atoms with E-state index in [1.165, 1.54) is 0 Å². The lowest BCUT2D eigenvalue weighted by Crippen LogP contribution is -2.38. The number of hydrogen-bond acceptors (Lipinski definition) is 3. The Kier molecular flexibility index (Phi) is 2.82. The van der Waals surface area contributed by atoms with Crippen LogP contribution in [-0.4, -0.2) is 50.9 Å². The molecule has 4 nitrogen and oxygen atoms in total. The Morgan fingerprint density at radius 3 is 1.80 bits per heavy atom. The Labute approximate surface area is 61.8 Å². The summed E-state index contributed by atoms with van der Waals surface area (Å²) >= 11 is 0. The molecule has 10 heavy (non-hydrogen) atoms. The minimum Gasteiger partial charge on any atom is -0.748 e. The number of quaternary nitrogens is 1. The predicted molar refractivity (Wildman–Crippen MR) is 37.5 cm³/mol. The maximum Gasteiger partial charge on any atom is 0.100 e.